The van der Waals surface area contributed by atoms with E-state index >= 15 is 0 Å². The third-order valence-electron chi connectivity index (χ3n) is 1.96. The molecule has 0 amide bonds. The molecule has 0 unspecified atom stereocenters. The number of hydrogen-bond donors (Lipinski definition) is 0. The molecule has 1 aromatic carbocycles. The molecular formula is C10H12N4O2. The minimum atomic E-state index is -0.374. The van der Waals surface area contributed by atoms with E-state index in [1.54, 1.807) is 31.1 Å². The summed E-state index contributed by atoms with van der Waals surface area (Å²) in [7, 11) is 3.58. The zero-order valence-electron chi connectivity index (χ0n) is 9.12. The largest absolute Gasteiger partial charge is 0.348 e. The van der Waals surface area contributed by atoms with Crippen molar-refractivity contribution in [2.24, 2.45) is 0 Å². The van der Waals surface area contributed by atoms with E-state index in [-0.39, 0.29) is 12.5 Å². The van der Waals surface area contributed by atoms with Gasteiger partial charge in [0.05, 0.1) is 6.54 Å². The van der Waals surface area contributed by atoms with Crippen LogP contribution in [-0.2, 0) is 4.79 Å². The Bertz CT molecular complexity index is 506. The standard InChI is InChI=1S/C10H12N4O2/c1-13(2)7-10(15)16-14-9-6-4-3-5-8(9)11-12-14/h3-6H,7H2,1-2H3. The van der Waals surface area contributed by atoms with Gasteiger partial charge in [0.15, 0.2) is 0 Å². The molecule has 0 fully saturated rings. The molecule has 1 aromatic heterocycles. The van der Waals surface area contributed by atoms with Gasteiger partial charge in [-0.15, -0.1) is 5.10 Å². The molecule has 84 valence electrons. The molecule has 0 atom stereocenters. The molecule has 2 rings (SSSR count). The third-order valence-corrected chi connectivity index (χ3v) is 1.96. The minimum Gasteiger partial charge on any atom is -0.316 e. The van der Waals surface area contributed by atoms with Crippen molar-refractivity contribution in [1.29, 1.82) is 0 Å². The van der Waals surface area contributed by atoms with Gasteiger partial charge in [-0.2, -0.15) is 0 Å². The van der Waals surface area contributed by atoms with E-state index in [4.69, 9.17) is 4.84 Å². The molecule has 0 radical (unpaired) electrons. The molecule has 16 heavy (non-hydrogen) atoms. The first kappa shape index (κ1) is 10.6. The number of carbonyl (C=O) groups is 1. The van der Waals surface area contributed by atoms with E-state index in [1.807, 2.05) is 12.1 Å². The molecule has 6 heteroatoms. The monoisotopic (exact) mass is 220 g/mol. The van der Waals surface area contributed by atoms with Crippen molar-refractivity contribution in [3.8, 4) is 0 Å². The molecule has 0 aliphatic rings. The summed E-state index contributed by atoms with van der Waals surface area (Å²) in [6, 6.07) is 7.28. The summed E-state index contributed by atoms with van der Waals surface area (Å²) in [5, 5.41) is 7.62. The number of carbonyl (C=O) groups excluding carboxylic acids is 1. The molecule has 6 nitrogen and oxygen atoms in total. The lowest BCUT2D eigenvalue weighted by Gasteiger charge is -2.07. The predicted molar refractivity (Wildman–Crippen MR) is 57.7 cm³/mol. The Morgan fingerprint density at radius 2 is 2.19 bits per heavy atom. The van der Waals surface area contributed by atoms with E-state index in [1.165, 1.54) is 0 Å². The van der Waals surface area contributed by atoms with Crippen LogP contribution in [0, 0.1) is 0 Å². The SMILES string of the molecule is CN(C)CC(=O)On1nnc2ccccc21. The van der Waals surface area contributed by atoms with Crippen LogP contribution in [0.25, 0.3) is 11.0 Å². The van der Waals surface area contributed by atoms with Crippen LogP contribution in [0.5, 0.6) is 0 Å². The highest BCUT2D eigenvalue weighted by Crippen LogP contribution is 2.07. The lowest BCUT2D eigenvalue weighted by molar-refractivity contribution is -0.146. The number of rotatable bonds is 3. The number of aromatic nitrogens is 3. The van der Waals surface area contributed by atoms with Crippen LogP contribution in [0.15, 0.2) is 24.3 Å². The number of nitrogens with zero attached hydrogens (tertiary/aromatic N) is 4. The van der Waals surface area contributed by atoms with Gasteiger partial charge >= 0.3 is 5.97 Å². The van der Waals surface area contributed by atoms with Crippen LogP contribution >= 0.6 is 0 Å². The maximum atomic E-state index is 11.4. The predicted octanol–water partition coefficient (Wildman–Crippen LogP) is -0.0519. The molecule has 0 aliphatic heterocycles. The van der Waals surface area contributed by atoms with Crippen LogP contribution in [0.3, 0.4) is 0 Å². The van der Waals surface area contributed by atoms with E-state index in [0.29, 0.717) is 11.0 Å². The van der Waals surface area contributed by atoms with E-state index < -0.39 is 0 Å². The normalized spacial score (nSPS) is 10.9. The smallest absolute Gasteiger partial charge is 0.316 e. The summed E-state index contributed by atoms with van der Waals surface area (Å²) in [5.74, 6) is -0.374. The van der Waals surface area contributed by atoms with Crippen LogP contribution < -0.4 is 4.84 Å². The Balaban J connectivity index is 2.18. The Labute approximate surface area is 92.4 Å². The van der Waals surface area contributed by atoms with E-state index in [9.17, 15) is 4.79 Å². The number of para-hydroxylation sites is 1. The molecule has 0 saturated carbocycles. The maximum Gasteiger partial charge on any atom is 0.348 e. The van der Waals surface area contributed by atoms with Crippen molar-refractivity contribution in [1.82, 2.24) is 20.1 Å². The molecule has 2 aromatic rings. The molecule has 0 N–H and O–H groups in total. The van der Waals surface area contributed by atoms with Gasteiger partial charge in [-0.3, -0.25) is 4.90 Å². The maximum absolute atomic E-state index is 11.4. The average molecular weight is 220 g/mol. The first-order valence-electron chi connectivity index (χ1n) is 4.83. The van der Waals surface area contributed by atoms with Gasteiger partial charge in [-0.25, -0.2) is 4.79 Å². The fourth-order valence-corrected chi connectivity index (χ4v) is 1.30. The summed E-state index contributed by atoms with van der Waals surface area (Å²) in [6.45, 7) is 0.203. The second kappa shape index (κ2) is 4.28. The number of fused-ring (bicyclic) bond motifs is 1. The highest BCUT2D eigenvalue weighted by Gasteiger charge is 2.10. The third kappa shape index (κ3) is 2.17. The zero-order valence-corrected chi connectivity index (χ0v) is 9.12. The fourth-order valence-electron chi connectivity index (χ4n) is 1.30. The summed E-state index contributed by atoms with van der Waals surface area (Å²) in [4.78, 5) is 19.3. The van der Waals surface area contributed by atoms with Gasteiger partial charge in [-0.05, 0) is 31.4 Å². The highest BCUT2D eigenvalue weighted by atomic mass is 16.7. The lowest BCUT2D eigenvalue weighted by Crippen LogP contribution is -2.30. The van der Waals surface area contributed by atoms with Gasteiger partial charge in [0.25, 0.3) is 0 Å². The fraction of sp³-hybridized carbons (Fsp3) is 0.300. The molecule has 0 spiro atoms. The quantitative estimate of drug-likeness (QED) is 0.679. The van der Waals surface area contributed by atoms with Crippen LogP contribution in [0.1, 0.15) is 0 Å². The summed E-state index contributed by atoms with van der Waals surface area (Å²) < 4.78 is 0. The van der Waals surface area contributed by atoms with Crippen LogP contribution in [-0.4, -0.2) is 46.7 Å². The molecule has 0 aliphatic carbocycles. The van der Waals surface area contributed by atoms with Crippen molar-refractivity contribution >= 4 is 17.0 Å². The Kier molecular flexibility index (Phi) is 2.82. The Hall–Kier alpha value is -1.95. The number of benzene rings is 1. The first-order valence-corrected chi connectivity index (χ1v) is 4.83. The minimum absolute atomic E-state index is 0.203. The molecular weight excluding hydrogens is 208 g/mol. The highest BCUT2D eigenvalue weighted by molar-refractivity contribution is 5.76. The van der Waals surface area contributed by atoms with Gasteiger partial charge < -0.3 is 4.84 Å². The van der Waals surface area contributed by atoms with Gasteiger partial charge in [0, 0.05) is 0 Å². The van der Waals surface area contributed by atoms with Crippen molar-refractivity contribution in [3.63, 3.8) is 0 Å². The van der Waals surface area contributed by atoms with Gasteiger partial charge in [0.2, 0.25) is 0 Å². The van der Waals surface area contributed by atoms with Gasteiger partial charge in [-0.1, -0.05) is 17.0 Å². The van der Waals surface area contributed by atoms with Crippen molar-refractivity contribution in [2.75, 3.05) is 20.6 Å². The molecule has 0 bridgehead atoms. The van der Waals surface area contributed by atoms with Crippen molar-refractivity contribution in [2.45, 2.75) is 0 Å². The molecule has 1 heterocycles. The second-order valence-electron chi connectivity index (χ2n) is 3.65. The summed E-state index contributed by atoms with van der Waals surface area (Å²) >= 11 is 0. The first-order chi connectivity index (χ1) is 7.66. The second-order valence-corrected chi connectivity index (χ2v) is 3.65. The van der Waals surface area contributed by atoms with Crippen LogP contribution in [0.2, 0.25) is 0 Å². The Morgan fingerprint density at radius 1 is 1.44 bits per heavy atom. The number of hydrogen-bond acceptors (Lipinski definition) is 5. The zero-order chi connectivity index (χ0) is 11.5. The van der Waals surface area contributed by atoms with Gasteiger partial charge in [0.1, 0.15) is 11.0 Å². The van der Waals surface area contributed by atoms with Crippen LogP contribution in [0.4, 0.5) is 0 Å². The number of likely N-dealkylation sites (N-methyl/N-ethyl adjacent to an activating group) is 1. The summed E-state index contributed by atoms with van der Waals surface area (Å²) in [5.41, 5.74) is 1.37. The van der Waals surface area contributed by atoms with Crippen molar-refractivity contribution < 1.29 is 9.63 Å². The summed E-state index contributed by atoms with van der Waals surface area (Å²) in [6.07, 6.45) is 0. The average Bonchev–Trinajstić information content (AvgIpc) is 2.61. The Morgan fingerprint density at radius 3 is 2.94 bits per heavy atom. The van der Waals surface area contributed by atoms with Crippen molar-refractivity contribution in [3.05, 3.63) is 24.3 Å². The van der Waals surface area contributed by atoms with E-state index in [2.05, 4.69) is 10.3 Å². The molecule has 0 saturated heterocycles. The topological polar surface area (TPSA) is 60.2 Å². The van der Waals surface area contributed by atoms with E-state index in [0.717, 1.165) is 4.85 Å². The lowest BCUT2D eigenvalue weighted by atomic mass is 10.3.